The van der Waals surface area contributed by atoms with Gasteiger partial charge >= 0.3 is 0 Å². The minimum absolute atomic E-state index is 0.0511. The van der Waals surface area contributed by atoms with Crippen molar-refractivity contribution in [1.82, 2.24) is 4.98 Å². The first-order chi connectivity index (χ1) is 9.58. The number of fused-ring (bicyclic) bond motifs is 1. The highest BCUT2D eigenvalue weighted by atomic mass is 32.2. The maximum Gasteiger partial charge on any atom is 0.204 e. The number of phenols is 1. The second kappa shape index (κ2) is 4.64. The van der Waals surface area contributed by atoms with Crippen molar-refractivity contribution in [2.24, 2.45) is 0 Å². The topological polar surface area (TPSA) is 76.5 Å². The van der Waals surface area contributed by atoms with Crippen LogP contribution in [0.5, 0.6) is 11.5 Å². The van der Waals surface area contributed by atoms with Crippen molar-refractivity contribution >= 4 is 15.4 Å². The Kier molecular flexibility index (Phi) is 2.94. The summed E-state index contributed by atoms with van der Waals surface area (Å²) in [5.41, 5.74) is 0.994. The summed E-state index contributed by atoms with van der Waals surface area (Å²) in [4.78, 5) is 3.86. The predicted molar refractivity (Wildman–Crippen MR) is 73.0 cm³/mol. The van der Waals surface area contributed by atoms with Crippen LogP contribution in [0.4, 0.5) is 0 Å². The molecular weight excluding hydrogens is 278 g/mol. The molecule has 6 heteroatoms. The first-order valence-corrected chi connectivity index (χ1v) is 7.43. The highest BCUT2D eigenvalue weighted by molar-refractivity contribution is 7.95. The highest BCUT2D eigenvalue weighted by Gasteiger charge is 2.30. The minimum atomic E-state index is -3.60. The summed E-state index contributed by atoms with van der Waals surface area (Å²) in [7, 11) is -3.60. The van der Waals surface area contributed by atoms with Gasteiger partial charge in [-0.15, -0.1) is 0 Å². The maximum absolute atomic E-state index is 12.0. The van der Waals surface area contributed by atoms with E-state index in [1.54, 1.807) is 36.7 Å². The molecule has 0 saturated heterocycles. The normalized spacial score (nSPS) is 15.5. The molecule has 2 heterocycles. The number of aromatic hydroxyl groups is 1. The van der Waals surface area contributed by atoms with Crippen molar-refractivity contribution < 1.29 is 18.3 Å². The number of phenolic OH excluding ortho intramolecular Hbond substituents is 1. The molecule has 0 amide bonds. The van der Waals surface area contributed by atoms with E-state index >= 15 is 0 Å². The highest BCUT2D eigenvalue weighted by Crippen LogP contribution is 2.38. The van der Waals surface area contributed by atoms with Crippen molar-refractivity contribution in [3.63, 3.8) is 0 Å². The minimum Gasteiger partial charge on any atom is -0.507 e. The summed E-state index contributed by atoms with van der Waals surface area (Å²) in [6, 6.07) is 8.08. The standard InChI is InChI=1S/C14H11NO4S/c16-13-5-1-4-12-10(9-20(17,18)14(12)13)8-19-11-3-2-6-15-7-11/h1-7,9,16H,8H2. The molecule has 1 N–H and O–H groups in total. The van der Waals surface area contributed by atoms with Crippen molar-refractivity contribution in [1.29, 1.82) is 0 Å². The molecule has 20 heavy (non-hydrogen) atoms. The second-order valence-electron chi connectivity index (χ2n) is 4.32. The lowest BCUT2D eigenvalue weighted by atomic mass is 10.1. The Morgan fingerprint density at radius 1 is 1.20 bits per heavy atom. The van der Waals surface area contributed by atoms with Crippen LogP contribution in [-0.4, -0.2) is 25.1 Å². The lowest BCUT2D eigenvalue weighted by Crippen LogP contribution is -1.99. The van der Waals surface area contributed by atoms with Gasteiger partial charge in [-0.3, -0.25) is 4.98 Å². The van der Waals surface area contributed by atoms with E-state index in [2.05, 4.69) is 4.98 Å². The van der Waals surface area contributed by atoms with Gasteiger partial charge in [-0.05, 0) is 18.2 Å². The van der Waals surface area contributed by atoms with E-state index in [0.29, 0.717) is 16.9 Å². The van der Waals surface area contributed by atoms with Gasteiger partial charge in [0, 0.05) is 22.7 Å². The predicted octanol–water partition coefficient (Wildman–Crippen LogP) is 1.99. The zero-order valence-corrected chi connectivity index (χ0v) is 11.2. The fraction of sp³-hybridized carbons (Fsp3) is 0.0714. The molecule has 1 aromatic carbocycles. The number of sulfone groups is 1. The quantitative estimate of drug-likeness (QED) is 0.935. The van der Waals surface area contributed by atoms with Gasteiger partial charge in [0.25, 0.3) is 0 Å². The molecule has 5 nitrogen and oxygen atoms in total. The van der Waals surface area contributed by atoms with Crippen LogP contribution in [0.15, 0.2) is 53.0 Å². The molecule has 0 aliphatic carbocycles. The lowest BCUT2D eigenvalue weighted by molar-refractivity contribution is 0.368. The number of aromatic nitrogens is 1. The number of hydrogen-bond acceptors (Lipinski definition) is 5. The molecule has 3 rings (SSSR count). The Labute approximate surface area is 116 Å². The third-order valence-electron chi connectivity index (χ3n) is 2.95. The van der Waals surface area contributed by atoms with E-state index in [-0.39, 0.29) is 17.3 Å². The van der Waals surface area contributed by atoms with Crippen LogP contribution in [0.2, 0.25) is 0 Å². The Balaban J connectivity index is 1.92. The lowest BCUT2D eigenvalue weighted by Gasteiger charge is -2.07. The summed E-state index contributed by atoms with van der Waals surface area (Å²) in [6.45, 7) is 0.0986. The Morgan fingerprint density at radius 3 is 2.80 bits per heavy atom. The molecule has 1 aliphatic rings. The third-order valence-corrected chi connectivity index (χ3v) is 4.54. The van der Waals surface area contributed by atoms with Crippen LogP contribution in [0, 0.1) is 0 Å². The van der Waals surface area contributed by atoms with Crippen LogP contribution >= 0.6 is 0 Å². The summed E-state index contributed by atoms with van der Waals surface area (Å²) in [6.07, 6.45) is 3.17. The van der Waals surface area contributed by atoms with Crippen molar-refractivity contribution in [2.45, 2.75) is 4.90 Å². The molecule has 0 spiro atoms. The first kappa shape index (κ1) is 12.7. The number of pyridine rings is 1. The summed E-state index contributed by atoms with van der Waals surface area (Å²) < 4.78 is 29.5. The molecular formula is C14H11NO4S. The fourth-order valence-corrected chi connectivity index (χ4v) is 3.64. The molecule has 0 radical (unpaired) electrons. The number of nitrogens with zero attached hydrogens (tertiary/aromatic N) is 1. The van der Waals surface area contributed by atoms with Crippen LogP contribution in [-0.2, 0) is 9.84 Å². The van der Waals surface area contributed by atoms with Gasteiger partial charge in [-0.25, -0.2) is 8.42 Å². The molecule has 0 saturated carbocycles. The molecule has 0 atom stereocenters. The molecule has 0 unspecified atom stereocenters. The van der Waals surface area contributed by atoms with Crippen molar-refractivity contribution in [2.75, 3.05) is 6.61 Å². The molecule has 102 valence electrons. The van der Waals surface area contributed by atoms with E-state index in [1.165, 1.54) is 6.07 Å². The number of ether oxygens (including phenoxy) is 1. The van der Waals surface area contributed by atoms with Crippen LogP contribution in [0.3, 0.4) is 0 Å². The van der Waals surface area contributed by atoms with Crippen molar-refractivity contribution in [3.05, 3.63) is 53.7 Å². The largest absolute Gasteiger partial charge is 0.507 e. The summed E-state index contributed by atoms with van der Waals surface area (Å²) in [5.74, 6) is 0.314. The van der Waals surface area contributed by atoms with Gasteiger partial charge in [0.1, 0.15) is 23.0 Å². The van der Waals surface area contributed by atoms with Crippen molar-refractivity contribution in [3.8, 4) is 11.5 Å². The molecule has 1 aromatic heterocycles. The average molecular weight is 289 g/mol. The van der Waals surface area contributed by atoms with Gasteiger partial charge < -0.3 is 9.84 Å². The smallest absolute Gasteiger partial charge is 0.204 e. The Hall–Kier alpha value is -2.34. The van der Waals surface area contributed by atoms with E-state index in [9.17, 15) is 13.5 Å². The Morgan fingerprint density at radius 2 is 2.05 bits per heavy atom. The first-order valence-electron chi connectivity index (χ1n) is 5.89. The third kappa shape index (κ3) is 2.14. The van der Waals surface area contributed by atoms with E-state index in [1.807, 2.05) is 0 Å². The second-order valence-corrected chi connectivity index (χ2v) is 6.05. The molecule has 0 bridgehead atoms. The fourth-order valence-electron chi connectivity index (χ4n) is 2.09. The van der Waals surface area contributed by atoms with Gasteiger partial charge in [0.15, 0.2) is 0 Å². The number of hydrogen-bond donors (Lipinski definition) is 1. The summed E-state index contributed by atoms with van der Waals surface area (Å²) >= 11 is 0. The number of benzene rings is 1. The Bertz CT molecular complexity index is 782. The maximum atomic E-state index is 12.0. The monoisotopic (exact) mass is 289 g/mol. The van der Waals surface area contributed by atoms with Gasteiger partial charge in [-0.1, -0.05) is 12.1 Å². The molecule has 0 fully saturated rings. The molecule has 2 aromatic rings. The number of rotatable bonds is 3. The van der Waals surface area contributed by atoms with E-state index in [0.717, 1.165) is 5.41 Å². The van der Waals surface area contributed by atoms with Crippen LogP contribution in [0.25, 0.3) is 5.57 Å². The van der Waals surface area contributed by atoms with Crippen LogP contribution < -0.4 is 4.74 Å². The van der Waals surface area contributed by atoms with Crippen LogP contribution in [0.1, 0.15) is 5.56 Å². The molecule has 1 aliphatic heterocycles. The zero-order valence-electron chi connectivity index (χ0n) is 10.4. The average Bonchev–Trinajstić information content (AvgIpc) is 2.70. The van der Waals surface area contributed by atoms with Gasteiger partial charge in [0.05, 0.1) is 6.20 Å². The van der Waals surface area contributed by atoms with Gasteiger partial charge in [-0.2, -0.15) is 0 Å². The SMILES string of the molecule is O=S1(=O)C=C(COc2cccnc2)c2cccc(O)c21. The summed E-state index contributed by atoms with van der Waals surface area (Å²) in [5, 5.41) is 10.8. The zero-order chi connectivity index (χ0) is 14.2. The van der Waals surface area contributed by atoms with Gasteiger partial charge in [0.2, 0.25) is 9.84 Å². The van der Waals surface area contributed by atoms with E-state index < -0.39 is 9.84 Å². The van der Waals surface area contributed by atoms with E-state index in [4.69, 9.17) is 4.74 Å².